The lowest BCUT2D eigenvalue weighted by Gasteiger charge is -2.25. The molecular weight excluding hydrogens is 263 g/mol. The minimum atomic E-state index is 0.322. The fourth-order valence-corrected chi connectivity index (χ4v) is 2.87. The molecule has 0 aromatic rings. The Labute approximate surface area is 88.4 Å². The SMILES string of the molecule is CCCC[C@@H]1CCCC(=O)[C@H]1I. The van der Waals surface area contributed by atoms with Crippen molar-refractivity contribution in [2.75, 3.05) is 0 Å². The van der Waals surface area contributed by atoms with E-state index in [1.54, 1.807) is 0 Å². The number of unbranched alkanes of at least 4 members (excludes halogenated alkanes) is 1. The summed E-state index contributed by atoms with van der Waals surface area (Å²) in [7, 11) is 0. The molecule has 1 aliphatic rings. The number of ketones is 1. The Kier molecular flexibility index (Phi) is 4.54. The summed E-state index contributed by atoms with van der Waals surface area (Å²) in [5.41, 5.74) is 0. The first-order valence-electron chi connectivity index (χ1n) is 4.92. The van der Waals surface area contributed by atoms with Gasteiger partial charge < -0.3 is 0 Å². The highest BCUT2D eigenvalue weighted by Gasteiger charge is 2.28. The van der Waals surface area contributed by atoms with E-state index in [4.69, 9.17) is 0 Å². The van der Waals surface area contributed by atoms with Gasteiger partial charge in [0.2, 0.25) is 0 Å². The van der Waals surface area contributed by atoms with Gasteiger partial charge in [-0.05, 0) is 25.2 Å². The summed E-state index contributed by atoms with van der Waals surface area (Å²) >= 11 is 2.33. The van der Waals surface area contributed by atoms with Gasteiger partial charge in [0.25, 0.3) is 0 Å². The molecular formula is C10H17IO. The smallest absolute Gasteiger partial charge is 0.145 e. The first-order valence-corrected chi connectivity index (χ1v) is 6.17. The molecule has 2 atom stereocenters. The second-order valence-electron chi connectivity index (χ2n) is 3.66. The topological polar surface area (TPSA) is 17.1 Å². The van der Waals surface area contributed by atoms with Crippen LogP contribution in [0.1, 0.15) is 45.4 Å². The Morgan fingerprint density at radius 2 is 2.33 bits per heavy atom. The molecule has 70 valence electrons. The van der Waals surface area contributed by atoms with Crippen molar-refractivity contribution in [3.05, 3.63) is 0 Å². The number of halogens is 1. The number of rotatable bonds is 3. The maximum absolute atomic E-state index is 11.4. The van der Waals surface area contributed by atoms with Gasteiger partial charge in [0, 0.05) is 6.42 Å². The molecule has 1 saturated carbocycles. The molecule has 1 nitrogen and oxygen atoms in total. The first-order chi connectivity index (χ1) is 5.75. The van der Waals surface area contributed by atoms with Crippen molar-refractivity contribution in [2.45, 2.75) is 49.4 Å². The normalized spacial score (nSPS) is 30.7. The quantitative estimate of drug-likeness (QED) is 0.572. The van der Waals surface area contributed by atoms with Crippen LogP contribution < -0.4 is 0 Å². The van der Waals surface area contributed by atoms with Crippen molar-refractivity contribution in [1.82, 2.24) is 0 Å². The lowest BCUT2D eigenvalue weighted by Crippen LogP contribution is -2.28. The zero-order valence-corrected chi connectivity index (χ0v) is 9.84. The molecule has 0 aromatic heterocycles. The largest absolute Gasteiger partial charge is 0.299 e. The molecule has 1 fully saturated rings. The van der Waals surface area contributed by atoms with Gasteiger partial charge in [-0.3, -0.25) is 4.79 Å². The third-order valence-electron chi connectivity index (χ3n) is 2.65. The molecule has 0 saturated heterocycles. The van der Waals surface area contributed by atoms with Crippen molar-refractivity contribution >= 4 is 28.4 Å². The molecule has 0 spiro atoms. The van der Waals surface area contributed by atoms with Gasteiger partial charge in [-0.1, -0.05) is 42.4 Å². The van der Waals surface area contributed by atoms with Gasteiger partial charge in [-0.25, -0.2) is 0 Å². The Morgan fingerprint density at radius 3 is 3.00 bits per heavy atom. The molecule has 0 bridgehead atoms. The van der Waals surface area contributed by atoms with E-state index in [1.165, 1.54) is 25.7 Å². The third-order valence-corrected chi connectivity index (χ3v) is 4.36. The zero-order chi connectivity index (χ0) is 8.97. The van der Waals surface area contributed by atoms with E-state index in [-0.39, 0.29) is 0 Å². The van der Waals surface area contributed by atoms with E-state index in [0.717, 1.165) is 12.8 Å². The molecule has 2 heteroatoms. The molecule has 1 rings (SSSR count). The molecule has 12 heavy (non-hydrogen) atoms. The number of hydrogen-bond acceptors (Lipinski definition) is 1. The summed E-state index contributed by atoms with van der Waals surface area (Å²) in [6.07, 6.45) is 7.05. The standard InChI is InChI=1S/C10H17IO/c1-2-3-5-8-6-4-7-9(12)10(8)11/h8,10H,2-7H2,1H3/t8-,10+/m1/s1. The fraction of sp³-hybridized carbons (Fsp3) is 0.900. The summed E-state index contributed by atoms with van der Waals surface area (Å²) in [5.74, 6) is 1.18. The highest BCUT2D eigenvalue weighted by atomic mass is 127. The summed E-state index contributed by atoms with van der Waals surface area (Å²) in [6, 6.07) is 0. The lowest BCUT2D eigenvalue weighted by molar-refractivity contribution is -0.120. The van der Waals surface area contributed by atoms with Gasteiger partial charge >= 0.3 is 0 Å². The number of hydrogen-bond donors (Lipinski definition) is 0. The number of carbonyl (C=O) groups excluding carboxylic acids is 1. The highest BCUT2D eigenvalue weighted by Crippen LogP contribution is 2.31. The molecule has 0 amide bonds. The Morgan fingerprint density at radius 1 is 1.58 bits per heavy atom. The second kappa shape index (κ2) is 5.20. The highest BCUT2D eigenvalue weighted by molar-refractivity contribution is 14.1. The predicted molar refractivity (Wildman–Crippen MR) is 59.7 cm³/mol. The number of carbonyl (C=O) groups is 1. The van der Waals surface area contributed by atoms with Gasteiger partial charge in [0.1, 0.15) is 5.78 Å². The van der Waals surface area contributed by atoms with Gasteiger partial charge in [0.05, 0.1) is 3.92 Å². The van der Waals surface area contributed by atoms with E-state index in [2.05, 4.69) is 29.5 Å². The predicted octanol–water partition coefficient (Wildman–Crippen LogP) is 3.35. The number of Topliss-reactive ketones (excluding diaryl/α,β-unsaturated/α-hetero) is 1. The minimum absolute atomic E-state index is 0.322. The van der Waals surface area contributed by atoms with Crippen molar-refractivity contribution < 1.29 is 4.79 Å². The third kappa shape index (κ3) is 2.71. The van der Waals surface area contributed by atoms with Gasteiger partial charge in [0.15, 0.2) is 0 Å². The van der Waals surface area contributed by atoms with Crippen molar-refractivity contribution in [3.63, 3.8) is 0 Å². The van der Waals surface area contributed by atoms with Crippen molar-refractivity contribution in [1.29, 1.82) is 0 Å². The van der Waals surface area contributed by atoms with Crippen LogP contribution in [0.2, 0.25) is 0 Å². The molecule has 0 radical (unpaired) electrons. The summed E-state index contributed by atoms with van der Waals surface area (Å²) in [6.45, 7) is 2.22. The van der Waals surface area contributed by atoms with E-state index < -0.39 is 0 Å². The molecule has 0 heterocycles. The van der Waals surface area contributed by atoms with Crippen LogP contribution >= 0.6 is 22.6 Å². The van der Waals surface area contributed by atoms with Crippen LogP contribution in [0.15, 0.2) is 0 Å². The van der Waals surface area contributed by atoms with Crippen molar-refractivity contribution in [2.24, 2.45) is 5.92 Å². The van der Waals surface area contributed by atoms with Crippen LogP contribution in [0.5, 0.6) is 0 Å². The van der Waals surface area contributed by atoms with Crippen LogP contribution in [-0.4, -0.2) is 9.71 Å². The summed E-state index contributed by atoms with van der Waals surface area (Å²) < 4.78 is 0.322. The Balaban J connectivity index is 2.35. The van der Waals surface area contributed by atoms with Crippen LogP contribution in [0.4, 0.5) is 0 Å². The molecule has 0 aromatic carbocycles. The molecule has 1 aliphatic carbocycles. The molecule has 0 N–H and O–H groups in total. The van der Waals surface area contributed by atoms with Crippen LogP contribution in [0.3, 0.4) is 0 Å². The van der Waals surface area contributed by atoms with Crippen LogP contribution in [0.25, 0.3) is 0 Å². The van der Waals surface area contributed by atoms with E-state index in [0.29, 0.717) is 15.6 Å². The monoisotopic (exact) mass is 280 g/mol. The lowest BCUT2D eigenvalue weighted by atomic mass is 9.85. The first kappa shape index (κ1) is 10.5. The molecule has 0 unspecified atom stereocenters. The van der Waals surface area contributed by atoms with Crippen LogP contribution in [0, 0.1) is 5.92 Å². The zero-order valence-electron chi connectivity index (χ0n) is 7.68. The van der Waals surface area contributed by atoms with E-state index in [1.807, 2.05) is 0 Å². The summed E-state index contributed by atoms with van der Waals surface area (Å²) in [5, 5.41) is 0. The fourth-order valence-electron chi connectivity index (χ4n) is 1.84. The maximum Gasteiger partial charge on any atom is 0.145 e. The average Bonchev–Trinajstić information content (AvgIpc) is 2.08. The Hall–Kier alpha value is 0.400. The van der Waals surface area contributed by atoms with E-state index >= 15 is 0 Å². The number of alkyl halides is 1. The maximum atomic E-state index is 11.4. The Bertz CT molecular complexity index is 156. The van der Waals surface area contributed by atoms with Crippen molar-refractivity contribution in [3.8, 4) is 0 Å². The van der Waals surface area contributed by atoms with Gasteiger partial charge in [-0.15, -0.1) is 0 Å². The van der Waals surface area contributed by atoms with Gasteiger partial charge in [-0.2, -0.15) is 0 Å². The average molecular weight is 280 g/mol. The van der Waals surface area contributed by atoms with E-state index in [9.17, 15) is 4.79 Å². The van der Waals surface area contributed by atoms with Crippen LogP contribution in [-0.2, 0) is 4.79 Å². The molecule has 0 aliphatic heterocycles. The summed E-state index contributed by atoms with van der Waals surface area (Å²) in [4.78, 5) is 11.4. The second-order valence-corrected chi connectivity index (χ2v) is 5.00. The minimum Gasteiger partial charge on any atom is -0.299 e.